The smallest absolute Gasteiger partial charge is 0.0593 e. The molecule has 3 heteroatoms. The van der Waals surface area contributed by atoms with Gasteiger partial charge in [-0.05, 0) is 47.2 Å². The van der Waals surface area contributed by atoms with Crippen molar-refractivity contribution in [2.24, 2.45) is 5.92 Å². The minimum atomic E-state index is 0.220. The van der Waals surface area contributed by atoms with Gasteiger partial charge in [-0.15, -0.1) is 0 Å². The van der Waals surface area contributed by atoms with Crippen LogP contribution in [-0.4, -0.2) is 50.3 Å². The van der Waals surface area contributed by atoms with E-state index in [4.69, 9.17) is 4.74 Å². The molecule has 0 aromatic carbocycles. The highest BCUT2D eigenvalue weighted by Crippen LogP contribution is 2.02. The monoisotopic (exact) mass is 230 g/mol. The lowest BCUT2D eigenvalue weighted by molar-refractivity contribution is 0.117. The summed E-state index contributed by atoms with van der Waals surface area (Å²) < 4.78 is 5.34. The molecule has 98 valence electrons. The van der Waals surface area contributed by atoms with Gasteiger partial charge in [0, 0.05) is 25.2 Å². The molecule has 3 nitrogen and oxygen atoms in total. The molecule has 0 heterocycles. The van der Waals surface area contributed by atoms with Crippen molar-refractivity contribution in [1.29, 1.82) is 0 Å². The first-order valence-corrected chi connectivity index (χ1v) is 6.36. The fourth-order valence-corrected chi connectivity index (χ4v) is 1.53. The Morgan fingerprint density at radius 1 is 1.31 bits per heavy atom. The van der Waals surface area contributed by atoms with Crippen molar-refractivity contribution in [3.63, 3.8) is 0 Å². The highest BCUT2D eigenvalue weighted by atomic mass is 16.5. The van der Waals surface area contributed by atoms with Crippen LogP contribution in [0.1, 0.15) is 34.6 Å². The SMILES string of the molecule is CCOCCN(C)CC(C)CNC(C)(C)C. The van der Waals surface area contributed by atoms with Crippen LogP contribution in [0.5, 0.6) is 0 Å². The molecule has 0 saturated heterocycles. The second-order valence-electron chi connectivity index (χ2n) is 5.70. The highest BCUT2D eigenvalue weighted by molar-refractivity contribution is 4.72. The number of hydrogen-bond acceptors (Lipinski definition) is 3. The Morgan fingerprint density at radius 3 is 2.44 bits per heavy atom. The molecule has 0 saturated carbocycles. The standard InChI is InChI=1S/C13H30N2O/c1-7-16-9-8-15(6)11-12(2)10-14-13(3,4)5/h12,14H,7-11H2,1-6H3. The quantitative estimate of drug-likeness (QED) is 0.645. The first kappa shape index (κ1) is 15.9. The molecule has 0 spiro atoms. The Morgan fingerprint density at radius 2 is 1.94 bits per heavy atom. The maximum Gasteiger partial charge on any atom is 0.0593 e. The van der Waals surface area contributed by atoms with Gasteiger partial charge in [0.15, 0.2) is 0 Å². The van der Waals surface area contributed by atoms with Crippen molar-refractivity contribution in [3.05, 3.63) is 0 Å². The van der Waals surface area contributed by atoms with Crippen molar-refractivity contribution >= 4 is 0 Å². The molecular formula is C13H30N2O. The Bertz CT molecular complexity index is 166. The zero-order chi connectivity index (χ0) is 12.6. The molecule has 0 aromatic heterocycles. The van der Waals surface area contributed by atoms with Gasteiger partial charge in [0.05, 0.1) is 6.61 Å². The van der Waals surface area contributed by atoms with Crippen LogP contribution in [0.25, 0.3) is 0 Å². The van der Waals surface area contributed by atoms with Gasteiger partial charge in [-0.3, -0.25) is 0 Å². The Hall–Kier alpha value is -0.120. The van der Waals surface area contributed by atoms with Gasteiger partial charge in [0.25, 0.3) is 0 Å². The Kier molecular flexibility index (Phi) is 7.98. The first-order valence-electron chi connectivity index (χ1n) is 6.36. The van der Waals surface area contributed by atoms with E-state index in [0.717, 1.165) is 32.8 Å². The molecule has 0 rings (SSSR count). The summed E-state index contributed by atoms with van der Waals surface area (Å²) in [6, 6.07) is 0. The normalized spacial score (nSPS) is 14.4. The van der Waals surface area contributed by atoms with Crippen LogP contribution >= 0.6 is 0 Å². The molecule has 0 bridgehead atoms. The van der Waals surface area contributed by atoms with Gasteiger partial charge in [-0.1, -0.05) is 6.92 Å². The predicted molar refractivity (Wildman–Crippen MR) is 70.9 cm³/mol. The predicted octanol–water partition coefficient (Wildman–Crippen LogP) is 1.98. The molecule has 1 unspecified atom stereocenters. The second-order valence-corrected chi connectivity index (χ2v) is 5.70. The third-order valence-electron chi connectivity index (χ3n) is 2.43. The van der Waals surface area contributed by atoms with Crippen molar-refractivity contribution in [1.82, 2.24) is 10.2 Å². The van der Waals surface area contributed by atoms with Crippen LogP contribution in [0.15, 0.2) is 0 Å². The molecule has 1 N–H and O–H groups in total. The molecular weight excluding hydrogens is 200 g/mol. The van der Waals surface area contributed by atoms with Crippen LogP contribution in [0.3, 0.4) is 0 Å². The van der Waals surface area contributed by atoms with Crippen molar-refractivity contribution in [3.8, 4) is 0 Å². The summed E-state index contributed by atoms with van der Waals surface area (Å²) in [5.74, 6) is 0.672. The van der Waals surface area contributed by atoms with Crippen LogP contribution < -0.4 is 5.32 Å². The lowest BCUT2D eigenvalue weighted by atomic mass is 10.1. The lowest BCUT2D eigenvalue weighted by Gasteiger charge is -2.26. The van der Waals surface area contributed by atoms with Gasteiger partial charge in [0.2, 0.25) is 0 Å². The summed E-state index contributed by atoms with van der Waals surface area (Å²) in [6.07, 6.45) is 0. The summed E-state index contributed by atoms with van der Waals surface area (Å²) in [7, 11) is 2.16. The topological polar surface area (TPSA) is 24.5 Å². The number of nitrogens with zero attached hydrogens (tertiary/aromatic N) is 1. The molecule has 0 fully saturated rings. The van der Waals surface area contributed by atoms with Gasteiger partial charge in [-0.25, -0.2) is 0 Å². The number of ether oxygens (including phenoxy) is 1. The maximum atomic E-state index is 5.34. The van der Waals surface area contributed by atoms with E-state index >= 15 is 0 Å². The molecule has 0 amide bonds. The highest BCUT2D eigenvalue weighted by Gasteiger charge is 2.12. The summed E-state index contributed by atoms with van der Waals surface area (Å²) in [6.45, 7) is 15.8. The molecule has 16 heavy (non-hydrogen) atoms. The molecule has 0 aliphatic carbocycles. The summed E-state index contributed by atoms with van der Waals surface area (Å²) in [5.41, 5.74) is 0.220. The largest absolute Gasteiger partial charge is 0.380 e. The van der Waals surface area contributed by atoms with E-state index < -0.39 is 0 Å². The van der Waals surface area contributed by atoms with Crippen LogP contribution in [0, 0.1) is 5.92 Å². The van der Waals surface area contributed by atoms with Crippen LogP contribution in [-0.2, 0) is 4.74 Å². The van der Waals surface area contributed by atoms with Gasteiger partial charge >= 0.3 is 0 Å². The average Bonchev–Trinajstić information content (AvgIpc) is 2.14. The number of hydrogen-bond donors (Lipinski definition) is 1. The first-order chi connectivity index (χ1) is 7.35. The third kappa shape index (κ3) is 10.4. The molecule has 0 aliphatic heterocycles. The number of rotatable bonds is 8. The van der Waals surface area contributed by atoms with Gasteiger partial charge < -0.3 is 15.0 Å². The minimum absolute atomic E-state index is 0.220. The number of likely N-dealkylation sites (N-methyl/N-ethyl adjacent to an activating group) is 1. The molecule has 1 atom stereocenters. The molecule has 0 radical (unpaired) electrons. The van der Waals surface area contributed by atoms with Crippen molar-refractivity contribution in [2.75, 3.05) is 39.9 Å². The minimum Gasteiger partial charge on any atom is -0.380 e. The summed E-state index contributed by atoms with van der Waals surface area (Å²) in [4.78, 5) is 2.34. The van der Waals surface area contributed by atoms with E-state index in [0.29, 0.717) is 5.92 Å². The van der Waals surface area contributed by atoms with Gasteiger partial charge in [-0.2, -0.15) is 0 Å². The summed E-state index contributed by atoms with van der Waals surface area (Å²) >= 11 is 0. The Balaban J connectivity index is 3.57. The van der Waals surface area contributed by atoms with E-state index in [2.05, 4.69) is 45.0 Å². The van der Waals surface area contributed by atoms with Gasteiger partial charge in [0.1, 0.15) is 0 Å². The fourth-order valence-electron chi connectivity index (χ4n) is 1.53. The molecule has 0 aliphatic rings. The maximum absolute atomic E-state index is 5.34. The average molecular weight is 230 g/mol. The zero-order valence-corrected chi connectivity index (χ0v) is 12.0. The molecule has 0 aromatic rings. The van der Waals surface area contributed by atoms with Crippen LogP contribution in [0.4, 0.5) is 0 Å². The lowest BCUT2D eigenvalue weighted by Crippen LogP contribution is -2.41. The third-order valence-corrected chi connectivity index (χ3v) is 2.43. The zero-order valence-electron chi connectivity index (χ0n) is 12.0. The summed E-state index contributed by atoms with van der Waals surface area (Å²) in [5, 5.41) is 3.54. The second kappa shape index (κ2) is 8.04. The van der Waals surface area contributed by atoms with Crippen molar-refractivity contribution in [2.45, 2.75) is 40.2 Å². The van der Waals surface area contributed by atoms with Crippen LogP contribution in [0.2, 0.25) is 0 Å². The van der Waals surface area contributed by atoms with E-state index in [1.807, 2.05) is 6.92 Å². The Labute approximate surface area is 102 Å². The van der Waals surface area contributed by atoms with E-state index in [9.17, 15) is 0 Å². The van der Waals surface area contributed by atoms with E-state index in [1.165, 1.54) is 0 Å². The number of nitrogens with one attached hydrogen (secondary N) is 1. The van der Waals surface area contributed by atoms with Crippen molar-refractivity contribution < 1.29 is 4.74 Å². The van der Waals surface area contributed by atoms with E-state index in [1.54, 1.807) is 0 Å². The fraction of sp³-hybridized carbons (Fsp3) is 1.00. The van der Waals surface area contributed by atoms with E-state index in [-0.39, 0.29) is 5.54 Å².